The molecule has 17 heavy (non-hydrogen) atoms. The van der Waals surface area contributed by atoms with Crippen molar-refractivity contribution in [1.29, 1.82) is 0 Å². The number of aromatic nitrogens is 2. The Morgan fingerprint density at radius 1 is 1.47 bits per heavy atom. The topological polar surface area (TPSA) is 80.9 Å². The van der Waals surface area contributed by atoms with Crippen LogP contribution in [0.5, 0.6) is 0 Å². The Labute approximate surface area is 95.7 Å². The summed E-state index contributed by atoms with van der Waals surface area (Å²) < 4.78 is 14.4. The molecule has 1 heterocycles. The summed E-state index contributed by atoms with van der Waals surface area (Å²) in [5.41, 5.74) is 4.50. The number of halogens is 1. The van der Waals surface area contributed by atoms with Crippen LogP contribution >= 0.6 is 0 Å². The molecule has 0 aliphatic rings. The van der Waals surface area contributed by atoms with Gasteiger partial charge in [0, 0.05) is 12.6 Å². The Bertz CT molecular complexity index is 672. The van der Waals surface area contributed by atoms with E-state index in [1.54, 1.807) is 6.92 Å². The first-order chi connectivity index (χ1) is 8.00. The third-order valence-corrected chi connectivity index (χ3v) is 2.43. The van der Waals surface area contributed by atoms with E-state index in [1.807, 2.05) is 0 Å². The molecule has 2 aromatic rings. The zero-order valence-corrected chi connectivity index (χ0v) is 9.24. The lowest BCUT2D eigenvalue weighted by Crippen LogP contribution is -2.40. The number of fused-ring (bicyclic) bond motifs is 1. The molecule has 0 radical (unpaired) electrons. The third-order valence-electron chi connectivity index (χ3n) is 2.43. The molecular formula is C11H12FN3O2. The van der Waals surface area contributed by atoms with Crippen molar-refractivity contribution in [2.75, 3.05) is 0 Å². The van der Waals surface area contributed by atoms with Crippen molar-refractivity contribution in [2.24, 2.45) is 5.73 Å². The van der Waals surface area contributed by atoms with Gasteiger partial charge in [0.2, 0.25) is 0 Å². The van der Waals surface area contributed by atoms with E-state index in [1.165, 1.54) is 18.2 Å². The number of benzene rings is 1. The van der Waals surface area contributed by atoms with Gasteiger partial charge in [0.15, 0.2) is 0 Å². The Balaban J connectivity index is 2.84. The molecule has 1 aromatic carbocycles. The minimum Gasteiger partial charge on any atom is -0.326 e. The maximum Gasteiger partial charge on any atom is 0.328 e. The molecule has 2 rings (SSSR count). The SMILES string of the molecule is CC(N)Cn1c(=O)[nH]c2cccc(F)c2c1=O. The van der Waals surface area contributed by atoms with Gasteiger partial charge in [-0.25, -0.2) is 9.18 Å². The van der Waals surface area contributed by atoms with E-state index in [0.29, 0.717) is 0 Å². The molecular weight excluding hydrogens is 225 g/mol. The lowest BCUT2D eigenvalue weighted by atomic mass is 10.2. The van der Waals surface area contributed by atoms with Crippen LogP contribution in [0.1, 0.15) is 6.92 Å². The fourth-order valence-corrected chi connectivity index (χ4v) is 1.71. The lowest BCUT2D eigenvalue weighted by molar-refractivity contribution is 0.551. The lowest BCUT2D eigenvalue weighted by Gasteiger charge is -2.08. The number of aromatic amines is 1. The van der Waals surface area contributed by atoms with Gasteiger partial charge in [0.25, 0.3) is 5.56 Å². The average Bonchev–Trinajstić information content (AvgIpc) is 2.23. The van der Waals surface area contributed by atoms with Crippen LogP contribution in [0, 0.1) is 5.82 Å². The average molecular weight is 237 g/mol. The highest BCUT2D eigenvalue weighted by Gasteiger charge is 2.11. The molecule has 0 amide bonds. The van der Waals surface area contributed by atoms with Crippen LogP contribution in [0.25, 0.3) is 10.9 Å². The van der Waals surface area contributed by atoms with E-state index in [-0.39, 0.29) is 23.5 Å². The maximum absolute atomic E-state index is 13.5. The highest BCUT2D eigenvalue weighted by atomic mass is 19.1. The number of nitrogens with one attached hydrogen (secondary N) is 1. The highest BCUT2D eigenvalue weighted by Crippen LogP contribution is 2.09. The second kappa shape index (κ2) is 4.14. The van der Waals surface area contributed by atoms with Gasteiger partial charge in [-0.2, -0.15) is 0 Å². The van der Waals surface area contributed by atoms with Crippen LogP contribution in [-0.4, -0.2) is 15.6 Å². The van der Waals surface area contributed by atoms with Gasteiger partial charge in [-0.05, 0) is 19.1 Å². The largest absolute Gasteiger partial charge is 0.328 e. The molecule has 0 bridgehead atoms. The summed E-state index contributed by atoms with van der Waals surface area (Å²) in [6.45, 7) is 1.72. The number of nitrogens with two attached hydrogens (primary N) is 1. The smallest absolute Gasteiger partial charge is 0.326 e. The summed E-state index contributed by atoms with van der Waals surface area (Å²) in [4.78, 5) is 26.0. The van der Waals surface area contributed by atoms with Crippen LogP contribution in [-0.2, 0) is 6.54 Å². The van der Waals surface area contributed by atoms with Crippen molar-refractivity contribution < 1.29 is 4.39 Å². The molecule has 0 fully saturated rings. The summed E-state index contributed by atoms with van der Waals surface area (Å²) in [5.74, 6) is -0.651. The van der Waals surface area contributed by atoms with E-state index < -0.39 is 17.1 Å². The minimum atomic E-state index is -0.654. The van der Waals surface area contributed by atoms with Crippen molar-refractivity contribution in [3.8, 4) is 0 Å². The van der Waals surface area contributed by atoms with E-state index in [2.05, 4.69) is 4.98 Å². The zero-order chi connectivity index (χ0) is 12.6. The van der Waals surface area contributed by atoms with Crippen LogP contribution in [0.4, 0.5) is 4.39 Å². The Morgan fingerprint density at radius 3 is 2.82 bits per heavy atom. The van der Waals surface area contributed by atoms with Gasteiger partial charge in [-0.3, -0.25) is 9.36 Å². The van der Waals surface area contributed by atoms with E-state index in [4.69, 9.17) is 5.73 Å². The molecule has 3 N–H and O–H groups in total. The molecule has 90 valence electrons. The fraction of sp³-hybridized carbons (Fsp3) is 0.273. The van der Waals surface area contributed by atoms with Gasteiger partial charge in [0.1, 0.15) is 5.82 Å². The van der Waals surface area contributed by atoms with Crippen LogP contribution < -0.4 is 17.0 Å². The van der Waals surface area contributed by atoms with Crippen molar-refractivity contribution >= 4 is 10.9 Å². The van der Waals surface area contributed by atoms with Crippen LogP contribution in [0.2, 0.25) is 0 Å². The predicted octanol–water partition coefficient (Wildman–Crippen LogP) is 0.176. The predicted molar refractivity (Wildman–Crippen MR) is 62.4 cm³/mol. The van der Waals surface area contributed by atoms with E-state index in [0.717, 1.165) is 4.57 Å². The van der Waals surface area contributed by atoms with Gasteiger partial charge < -0.3 is 10.7 Å². The molecule has 1 aromatic heterocycles. The Morgan fingerprint density at radius 2 is 2.18 bits per heavy atom. The molecule has 0 saturated carbocycles. The number of hydrogen-bond acceptors (Lipinski definition) is 3. The maximum atomic E-state index is 13.5. The summed E-state index contributed by atoms with van der Waals surface area (Å²) in [6, 6.07) is 3.73. The molecule has 0 aliphatic carbocycles. The number of H-pyrrole nitrogens is 1. The first kappa shape index (κ1) is 11.5. The van der Waals surface area contributed by atoms with Crippen LogP contribution in [0.15, 0.2) is 27.8 Å². The van der Waals surface area contributed by atoms with Crippen molar-refractivity contribution in [1.82, 2.24) is 9.55 Å². The van der Waals surface area contributed by atoms with Crippen molar-refractivity contribution in [2.45, 2.75) is 19.5 Å². The van der Waals surface area contributed by atoms with E-state index in [9.17, 15) is 14.0 Å². The van der Waals surface area contributed by atoms with Crippen molar-refractivity contribution in [3.05, 3.63) is 44.9 Å². The van der Waals surface area contributed by atoms with E-state index >= 15 is 0 Å². The molecule has 0 saturated heterocycles. The molecule has 0 aliphatic heterocycles. The second-order valence-corrected chi connectivity index (χ2v) is 3.99. The summed E-state index contributed by atoms with van der Waals surface area (Å²) >= 11 is 0. The van der Waals surface area contributed by atoms with Crippen LogP contribution in [0.3, 0.4) is 0 Å². The summed E-state index contributed by atoms with van der Waals surface area (Å²) in [6.07, 6.45) is 0. The monoisotopic (exact) mass is 237 g/mol. The highest BCUT2D eigenvalue weighted by molar-refractivity contribution is 5.77. The second-order valence-electron chi connectivity index (χ2n) is 3.99. The zero-order valence-electron chi connectivity index (χ0n) is 9.24. The normalized spacial score (nSPS) is 12.9. The van der Waals surface area contributed by atoms with Gasteiger partial charge in [0.05, 0.1) is 10.9 Å². The quantitative estimate of drug-likeness (QED) is 0.781. The first-order valence-electron chi connectivity index (χ1n) is 5.17. The number of hydrogen-bond donors (Lipinski definition) is 2. The van der Waals surface area contributed by atoms with Gasteiger partial charge >= 0.3 is 5.69 Å². The first-order valence-corrected chi connectivity index (χ1v) is 5.17. The Kier molecular flexibility index (Phi) is 2.81. The number of rotatable bonds is 2. The molecule has 5 nitrogen and oxygen atoms in total. The summed E-state index contributed by atoms with van der Waals surface area (Å²) in [7, 11) is 0. The molecule has 0 spiro atoms. The summed E-state index contributed by atoms with van der Waals surface area (Å²) in [5, 5.41) is -0.118. The van der Waals surface area contributed by atoms with Gasteiger partial charge in [-0.1, -0.05) is 6.07 Å². The molecule has 6 heteroatoms. The molecule has 1 unspecified atom stereocenters. The fourth-order valence-electron chi connectivity index (χ4n) is 1.71. The minimum absolute atomic E-state index is 0.0540. The molecule has 1 atom stereocenters. The van der Waals surface area contributed by atoms with Gasteiger partial charge in [-0.15, -0.1) is 0 Å². The number of nitrogens with zero attached hydrogens (tertiary/aromatic N) is 1. The van der Waals surface area contributed by atoms with Crippen molar-refractivity contribution in [3.63, 3.8) is 0 Å². The third kappa shape index (κ3) is 1.99. The standard InChI is InChI=1S/C11H12FN3O2/c1-6(13)5-15-10(16)9-7(12)3-2-4-8(9)14-11(15)17/h2-4,6H,5,13H2,1H3,(H,14,17). The Hall–Kier alpha value is -1.95.